The number of aromatic nitrogens is 1. The molecule has 0 atom stereocenters. The molecule has 0 radical (unpaired) electrons. The van der Waals surface area contributed by atoms with Gasteiger partial charge in [-0.3, -0.25) is 4.55 Å². The first kappa shape index (κ1) is 17.9. The summed E-state index contributed by atoms with van der Waals surface area (Å²) in [6.45, 7) is 0.499. The van der Waals surface area contributed by atoms with Crippen LogP contribution in [-0.2, 0) is 23.3 Å². The highest BCUT2D eigenvalue weighted by Gasteiger charge is 2.16. The minimum Gasteiger partial charge on any atom is -0.506 e. The summed E-state index contributed by atoms with van der Waals surface area (Å²) in [4.78, 5) is 3.73. The number of aliphatic hydroxyl groups excluding tert-OH is 2. The number of rotatable bonds is 5. The van der Waals surface area contributed by atoms with Gasteiger partial charge < -0.3 is 15.3 Å². The predicted molar refractivity (Wildman–Crippen MR) is 82.9 cm³/mol. The molecular formula is C14H15N3O6S. The quantitative estimate of drug-likeness (QED) is 0.471. The molecule has 0 spiro atoms. The van der Waals surface area contributed by atoms with Crippen molar-refractivity contribution in [2.24, 2.45) is 10.2 Å². The van der Waals surface area contributed by atoms with Crippen LogP contribution in [0, 0.1) is 6.92 Å². The van der Waals surface area contributed by atoms with Crippen LogP contribution in [0.25, 0.3) is 0 Å². The maximum absolute atomic E-state index is 11.0. The van der Waals surface area contributed by atoms with Crippen LogP contribution in [-0.4, -0.2) is 33.3 Å². The highest BCUT2D eigenvalue weighted by molar-refractivity contribution is 7.85. The average Bonchev–Trinajstić information content (AvgIpc) is 2.54. The summed E-state index contributed by atoms with van der Waals surface area (Å²) >= 11 is 0. The topological polar surface area (TPSA) is 153 Å². The van der Waals surface area contributed by atoms with E-state index >= 15 is 0 Å². The van der Waals surface area contributed by atoms with Crippen molar-refractivity contribution < 1.29 is 28.3 Å². The molecule has 0 bridgehead atoms. The van der Waals surface area contributed by atoms with Gasteiger partial charge in [-0.1, -0.05) is 0 Å². The molecule has 0 aliphatic heterocycles. The van der Waals surface area contributed by atoms with Crippen molar-refractivity contribution in [2.75, 3.05) is 0 Å². The summed E-state index contributed by atoms with van der Waals surface area (Å²) in [5.41, 5.74) is 0.746. The van der Waals surface area contributed by atoms with Crippen LogP contribution in [0.2, 0.25) is 0 Å². The zero-order valence-electron chi connectivity index (χ0n) is 12.6. The van der Waals surface area contributed by atoms with E-state index in [1.54, 1.807) is 0 Å². The second-order valence-corrected chi connectivity index (χ2v) is 6.23. The van der Waals surface area contributed by atoms with Crippen LogP contribution in [0.5, 0.6) is 5.75 Å². The van der Waals surface area contributed by atoms with Gasteiger partial charge in [-0.15, -0.1) is 10.2 Å². The lowest BCUT2D eigenvalue weighted by Gasteiger charge is -2.11. The van der Waals surface area contributed by atoms with Crippen molar-refractivity contribution >= 4 is 21.6 Å². The molecule has 0 saturated heterocycles. The predicted octanol–water partition coefficient (Wildman–Crippen LogP) is 1.74. The van der Waals surface area contributed by atoms with E-state index in [0.29, 0.717) is 0 Å². The summed E-state index contributed by atoms with van der Waals surface area (Å²) in [5.74, 6) is -0.200. The lowest BCUT2D eigenvalue weighted by Crippen LogP contribution is -2.00. The molecule has 4 N–H and O–H groups in total. The third-order valence-corrected chi connectivity index (χ3v) is 4.12. The smallest absolute Gasteiger partial charge is 0.294 e. The van der Waals surface area contributed by atoms with Crippen LogP contribution in [0.15, 0.2) is 39.4 Å². The number of aryl methyl sites for hydroxylation is 1. The monoisotopic (exact) mass is 353 g/mol. The van der Waals surface area contributed by atoms with Crippen LogP contribution < -0.4 is 0 Å². The van der Waals surface area contributed by atoms with E-state index in [1.165, 1.54) is 19.1 Å². The third kappa shape index (κ3) is 3.74. The number of nitrogens with zero attached hydrogens (tertiary/aromatic N) is 3. The molecule has 2 rings (SSSR count). The third-order valence-electron chi connectivity index (χ3n) is 3.25. The van der Waals surface area contributed by atoms with Gasteiger partial charge in [-0.25, -0.2) is 4.98 Å². The van der Waals surface area contributed by atoms with Crippen LogP contribution in [0.1, 0.15) is 16.8 Å². The lowest BCUT2D eigenvalue weighted by atomic mass is 10.1. The van der Waals surface area contributed by atoms with Crippen LogP contribution in [0.4, 0.5) is 11.5 Å². The van der Waals surface area contributed by atoms with Gasteiger partial charge in [0, 0.05) is 11.1 Å². The second-order valence-electron chi connectivity index (χ2n) is 4.81. The zero-order chi connectivity index (χ0) is 17.9. The second kappa shape index (κ2) is 7.01. The van der Waals surface area contributed by atoms with Gasteiger partial charge in [0.15, 0.2) is 5.82 Å². The van der Waals surface area contributed by atoms with E-state index in [2.05, 4.69) is 15.2 Å². The molecule has 9 nitrogen and oxygen atoms in total. The van der Waals surface area contributed by atoms with Gasteiger partial charge in [0.05, 0.1) is 29.5 Å². The first-order valence-corrected chi connectivity index (χ1v) is 8.14. The Morgan fingerprint density at radius 2 is 1.62 bits per heavy atom. The molecule has 1 aromatic carbocycles. The van der Waals surface area contributed by atoms with Crippen molar-refractivity contribution in [3.63, 3.8) is 0 Å². The summed E-state index contributed by atoms with van der Waals surface area (Å²) in [6.07, 6.45) is 0. The lowest BCUT2D eigenvalue weighted by molar-refractivity contribution is 0.254. The Kier molecular flexibility index (Phi) is 5.24. The number of aromatic hydroxyl groups is 1. The molecule has 24 heavy (non-hydrogen) atoms. The van der Waals surface area contributed by atoms with Gasteiger partial charge in [-0.2, -0.15) is 8.42 Å². The van der Waals surface area contributed by atoms with Gasteiger partial charge in [0.2, 0.25) is 0 Å². The van der Waals surface area contributed by atoms with Crippen molar-refractivity contribution in [2.45, 2.75) is 25.0 Å². The maximum atomic E-state index is 11.0. The summed E-state index contributed by atoms with van der Waals surface area (Å²) in [7, 11) is -4.29. The number of pyridine rings is 1. The number of hydrogen-bond acceptors (Lipinski definition) is 8. The standard InChI is InChI=1S/C14H15N3O6S/c1-8-13(20)11(6-18)12(7-19)14(15-8)17-16-9-2-4-10(5-3-9)24(21,22)23/h2-5,18-20H,6-7H2,1H3,(H,21,22,23). The summed E-state index contributed by atoms with van der Waals surface area (Å²) in [5, 5.41) is 36.3. The maximum Gasteiger partial charge on any atom is 0.294 e. The highest BCUT2D eigenvalue weighted by atomic mass is 32.2. The molecule has 0 amide bonds. The SMILES string of the molecule is Cc1nc(N=Nc2ccc(S(=O)(=O)O)cc2)c(CO)c(CO)c1O. The van der Waals surface area contributed by atoms with Gasteiger partial charge in [0.1, 0.15) is 5.75 Å². The molecule has 0 fully saturated rings. The Morgan fingerprint density at radius 3 is 2.12 bits per heavy atom. The number of benzene rings is 1. The first-order valence-electron chi connectivity index (χ1n) is 6.70. The minimum absolute atomic E-state index is 0.0238. The molecule has 10 heteroatoms. The Labute approximate surface area is 137 Å². The van der Waals surface area contributed by atoms with Crippen molar-refractivity contribution in [3.8, 4) is 5.75 Å². The Bertz CT molecular complexity index is 878. The molecule has 1 heterocycles. The molecular weight excluding hydrogens is 338 g/mol. The average molecular weight is 353 g/mol. The zero-order valence-corrected chi connectivity index (χ0v) is 13.4. The largest absolute Gasteiger partial charge is 0.506 e. The van der Waals surface area contributed by atoms with Crippen LogP contribution >= 0.6 is 0 Å². The van der Waals surface area contributed by atoms with E-state index in [1.807, 2.05) is 0 Å². The number of azo groups is 1. The Hall–Kier alpha value is -2.40. The fraction of sp³-hybridized carbons (Fsp3) is 0.214. The Morgan fingerprint density at radius 1 is 1.04 bits per heavy atom. The summed E-state index contributed by atoms with van der Waals surface area (Å²) in [6, 6.07) is 4.97. The summed E-state index contributed by atoms with van der Waals surface area (Å²) < 4.78 is 30.8. The molecule has 2 aromatic rings. The van der Waals surface area contributed by atoms with E-state index in [4.69, 9.17) is 4.55 Å². The number of aliphatic hydroxyl groups is 2. The highest BCUT2D eigenvalue weighted by Crippen LogP contribution is 2.31. The van der Waals surface area contributed by atoms with Crippen molar-refractivity contribution in [1.82, 2.24) is 4.98 Å². The van der Waals surface area contributed by atoms with E-state index < -0.39 is 23.3 Å². The Balaban J connectivity index is 2.40. The molecule has 0 aliphatic rings. The first-order chi connectivity index (χ1) is 11.3. The van der Waals surface area contributed by atoms with E-state index in [9.17, 15) is 23.7 Å². The van der Waals surface area contributed by atoms with Gasteiger partial charge >= 0.3 is 0 Å². The van der Waals surface area contributed by atoms with Gasteiger partial charge in [-0.05, 0) is 31.2 Å². The molecule has 1 aromatic heterocycles. The van der Waals surface area contributed by atoms with Crippen LogP contribution in [0.3, 0.4) is 0 Å². The molecule has 0 unspecified atom stereocenters. The fourth-order valence-electron chi connectivity index (χ4n) is 1.98. The molecule has 128 valence electrons. The molecule has 0 aliphatic carbocycles. The molecule has 0 saturated carbocycles. The van der Waals surface area contributed by atoms with Crippen molar-refractivity contribution in [1.29, 1.82) is 0 Å². The minimum atomic E-state index is -4.29. The fourth-order valence-corrected chi connectivity index (χ4v) is 2.46. The van der Waals surface area contributed by atoms with Crippen molar-refractivity contribution in [3.05, 3.63) is 41.1 Å². The normalized spacial score (nSPS) is 12.0. The number of hydrogen-bond donors (Lipinski definition) is 4. The van der Waals surface area contributed by atoms with E-state index in [0.717, 1.165) is 12.1 Å². The van der Waals surface area contributed by atoms with Gasteiger partial charge in [0.25, 0.3) is 10.1 Å². The van der Waals surface area contributed by atoms with E-state index in [-0.39, 0.29) is 39.0 Å².